The second kappa shape index (κ2) is 4.40. The number of hydrogen-bond acceptors (Lipinski definition) is 3. The van der Waals surface area contributed by atoms with E-state index < -0.39 is 0 Å². The highest BCUT2D eigenvalue weighted by atomic mass is 16.5. The van der Waals surface area contributed by atoms with Crippen molar-refractivity contribution < 1.29 is 4.74 Å². The van der Waals surface area contributed by atoms with Gasteiger partial charge in [-0.15, -0.1) is 0 Å². The van der Waals surface area contributed by atoms with Crippen LogP contribution in [0.25, 0.3) is 0 Å². The molecule has 0 aromatic heterocycles. The van der Waals surface area contributed by atoms with Gasteiger partial charge in [0, 0.05) is 25.7 Å². The topological polar surface area (TPSA) is 15.7 Å². The van der Waals surface area contributed by atoms with Gasteiger partial charge in [0.05, 0.1) is 13.2 Å². The summed E-state index contributed by atoms with van der Waals surface area (Å²) in [6.07, 6.45) is 1.40. The van der Waals surface area contributed by atoms with Gasteiger partial charge >= 0.3 is 0 Å². The van der Waals surface area contributed by atoms with Crippen LogP contribution in [-0.4, -0.2) is 61.8 Å². The lowest BCUT2D eigenvalue weighted by Gasteiger charge is -2.39. The molecule has 0 amide bonds. The van der Waals surface area contributed by atoms with Crippen LogP contribution in [0.15, 0.2) is 0 Å². The molecule has 3 nitrogen and oxygen atoms in total. The third kappa shape index (κ3) is 2.42. The molecule has 2 aliphatic heterocycles. The maximum Gasteiger partial charge on any atom is 0.0594 e. The van der Waals surface area contributed by atoms with E-state index in [1.54, 1.807) is 0 Å². The lowest BCUT2D eigenvalue weighted by Crippen LogP contribution is -2.50. The minimum Gasteiger partial charge on any atom is -0.379 e. The molecule has 2 heterocycles. The first-order valence-corrected chi connectivity index (χ1v) is 5.40. The zero-order valence-electron chi connectivity index (χ0n) is 8.54. The lowest BCUT2D eigenvalue weighted by atomic mass is 10.1. The summed E-state index contributed by atoms with van der Waals surface area (Å²) in [7, 11) is 0. The molecule has 0 aromatic rings. The van der Waals surface area contributed by atoms with Crippen molar-refractivity contribution in [2.75, 3.05) is 45.9 Å². The molecule has 1 atom stereocenters. The first-order valence-electron chi connectivity index (χ1n) is 5.40. The molecule has 2 saturated heterocycles. The van der Waals surface area contributed by atoms with E-state index in [2.05, 4.69) is 16.7 Å². The summed E-state index contributed by atoms with van der Waals surface area (Å²) in [4.78, 5) is 5.09. The Kier molecular flexibility index (Phi) is 3.19. The Morgan fingerprint density at radius 1 is 1.15 bits per heavy atom. The Bertz CT molecular complexity index is 153. The molecule has 3 heteroatoms. The fraction of sp³-hybridized carbons (Fsp3) is 1.00. The molecular formula is C10H20N2O. The number of morpholine rings is 1. The first kappa shape index (κ1) is 9.44. The van der Waals surface area contributed by atoms with Crippen LogP contribution in [0.2, 0.25) is 0 Å². The van der Waals surface area contributed by atoms with Crippen molar-refractivity contribution in [1.82, 2.24) is 9.80 Å². The van der Waals surface area contributed by atoms with Crippen molar-refractivity contribution in [2.24, 2.45) is 0 Å². The van der Waals surface area contributed by atoms with E-state index in [0.29, 0.717) is 0 Å². The molecule has 2 fully saturated rings. The third-order valence-corrected chi connectivity index (χ3v) is 3.14. The predicted octanol–water partition coefficient (Wildman–Crippen LogP) is 0.413. The number of hydrogen-bond donors (Lipinski definition) is 0. The first-order chi connectivity index (χ1) is 6.36. The molecular weight excluding hydrogens is 164 g/mol. The summed E-state index contributed by atoms with van der Waals surface area (Å²) >= 11 is 0. The predicted molar refractivity (Wildman–Crippen MR) is 52.9 cm³/mol. The van der Waals surface area contributed by atoms with E-state index in [1.165, 1.54) is 26.1 Å². The smallest absolute Gasteiger partial charge is 0.0594 e. The van der Waals surface area contributed by atoms with Crippen molar-refractivity contribution in [3.8, 4) is 0 Å². The molecule has 0 bridgehead atoms. The summed E-state index contributed by atoms with van der Waals surface area (Å²) in [6.45, 7) is 10.3. The molecule has 0 saturated carbocycles. The monoisotopic (exact) mass is 184 g/mol. The summed E-state index contributed by atoms with van der Waals surface area (Å²) in [5.74, 6) is 0. The van der Waals surface area contributed by atoms with Crippen molar-refractivity contribution >= 4 is 0 Å². The lowest BCUT2D eigenvalue weighted by molar-refractivity contribution is 0.0166. The van der Waals surface area contributed by atoms with Gasteiger partial charge in [0.15, 0.2) is 0 Å². The van der Waals surface area contributed by atoms with Crippen LogP contribution in [0, 0.1) is 0 Å². The summed E-state index contributed by atoms with van der Waals surface area (Å²) in [6, 6.07) is 0.742. The van der Waals surface area contributed by atoms with Gasteiger partial charge in [0.1, 0.15) is 0 Å². The maximum absolute atomic E-state index is 5.33. The van der Waals surface area contributed by atoms with Crippen LogP contribution in [0.1, 0.15) is 13.3 Å². The largest absolute Gasteiger partial charge is 0.379 e. The van der Waals surface area contributed by atoms with Crippen LogP contribution in [0.5, 0.6) is 0 Å². The van der Waals surface area contributed by atoms with Crippen molar-refractivity contribution in [1.29, 1.82) is 0 Å². The van der Waals surface area contributed by atoms with Crippen LogP contribution < -0.4 is 0 Å². The highest BCUT2D eigenvalue weighted by Crippen LogP contribution is 2.12. The molecule has 2 aliphatic rings. The van der Waals surface area contributed by atoms with Gasteiger partial charge in [-0.1, -0.05) is 0 Å². The maximum atomic E-state index is 5.33. The van der Waals surface area contributed by atoms with Gasteiger partial charge in [0.25, 0.3) is 0 Å². The molecule has 0 aromatic carbocycles. The Balaban J connectivity index is 1.69. The Labute approximate surface area is 80.6 Å². The summed E-state index contributed by atoms with van der Waals surface area (Å²) < 4.78 is 5.33. The zero-order valence-corrected chi connectivity index (χ0v) is 8.54. The normalized spacial score (nSPS) is 28.4. The van der Waals surface area contributed by atoms with Crippen LogP contribution in [-0.2, 0) is 4.74 Å². The highest BCUT2D eigenvalue weighted by Gasteiger charge is 2.22. The average molecular weight is 184 g/mol. The van der Waals surface area contributed by atoms with E-state index in [9.17, 15) is 0 Å². The molecule has 0 radical (unpaired) electrons. The zero-order chi connectivity index (χ0) is 9.10. The molecule has 0 aliphatic carbocycles. The van der Waals surface area contributed by atoms with Gasteiger partial charge in [-0.25, -0.2) is 0 Å². The molecule has 13 heavy (non-hydrogen) atoms. The quantitative estimate of drug-likeness (QED) is 0.632. The third-order valence-electron chi connectivity index (χ3n) is 3.14. The van der Waals surface area contributed by atoms with Crippen LogP contribution in [0.4, 0.5) is 0 Å². The molecule has 2 rings (SSSR count). The molecule has 1 unspecified atom stereocenters. The van der Waals surface area contributed by atoms with Crippen LogP contribution >= 0.6 is 0 Å². The molecule has 0 spiro atoms. The minimum absolute atomic E-state index is 0.742. The Morgan fingerprint density at radius 3 is 2.38 bits per heavy atom. The van der Waals surface area contributed by atoms with Gasteiger partial charge < -0.3 is 4.74 Å². The van der Waals surface area contributed by atoms with Crippen molar-refractivity contribution in [2.45, 2.75) is 19.4 Å². The van der Waals surface area contributed by atoms with Gasteiger partial charge in [-0.05, 0) is 26.4 Å². The van der Waals surface area contributed by atoms with Gasteiger partial charge in [-0.3, -0.25) is 9.80 Å². The standard InChI is InChI=1S/C10H20N2O/c1-10(12-3-2-4-12)9-11-5-7-13-8-6-11/h10H,2-9H2,1H3. The second-order valence-electron chi connectivity index (χ2n) is 4.15. The van der Waals surface area contributed by atoms with Gasteiger partial charge in [-0.2, -0.15) is 0 Å². The fourth-order valence-corrected chi connectivity index (χ4v) is 2.05. The SMILES string of the molecule is CC(CN1CCOCC1)N1CCC1. The van der Waals surface area contributed by atoms with E-state index in [-0.39, 0.29) is 0 Å². The highest BCUT2D eigenvalue weighted by molar-refractivity contribution is 4.78. The fourth-order valence-electron chi connectivity index (χ4n) is 2.05. The van der Waals surface area contributed by atoms with E-state index in [1.807, 2.05) is 0 Å². The molecule has 0 N–H and O–H groups in total. The Hall–Kier alpha value is -0.120. The van der Waals surface area contributed by atoms with E-state index in [4.69, 9.17) is 4.74 Å². The van der Waals surface area contributed by atoms with Crippen molar-refractivity contribution in [3.05, 3.63) is 0 Å². The number of nitrogens with zero attached hydrogens (tertiary/aromatic N) is 2. The second-order valence-corrected chi connectivity index (χ2v) is 4.15. The number of rotatable bonds is 3. The van der Waals surface area contributed by atoms with Gasteiger partial charge in [0.2, 0.25) is 0 Å². The minimum atomic E-state index is 0.742. The summed E-state index contributed by atoms with van der Waals surface area (Å²) in [5.41, 5.74) is 0. The van der Waals surface area contributed by atoms with E-state index in [0.717, 1.165) is 32.3 Å². The Morgan fingerprint density at radius 2 is 1.85 bits per heavy atom. The van der Waals surface area contributed by atoms with Crippen molar-refractivity contribution in [3.63, 3.8) is 0 Å². The van der Waals surface area contributed by atoms with E-state index >= 15 is 0 Å². The average Bonchev–Trinajstić information content (AvgIpc) is 2.02. The van der Waals surface area contributed by atoms with Crippen LogP contribution in [0.3, 0.4) is 0 Å². The number of ether oxygens (including phenoxy) is 1. The summed E-state index contributed by atoms with van der Waals surface area (Å²) in [5, 5.41) is 0. The number of likely N-dealkylation sites (tertiary alicyclic amines) is 1. The molecule has 76 valence electrons.